The van der Waals surface area contributed by atoms with Crippen LogP contribution in [0.15, 0.2) is 49.1 Å². The average molecular weight is 295 g/mol. The van der Waals surface area contributed by atoms with E-state index in [4.69, 9.17) is 0 Å². The highest BCUT2D eigenvalue weighted by Crippen LogP contribution is 2.05. The van der Waals surface area contributed by atoms with Crippen molar-refractivity contribution in [2.24, 2.45) is 0 Å². The fourth-order valence-electron chi connectivity index (χ4n) is 2.33. The summed E-state index contributed by atoms with van der Waals surface area (Å²) in [6.07, 6.45) is 8.12. The van der Waals surface area contributed by atoms with Crippen molar-refractivity contribution >= 4 is 11.6 Å². The molecule has 3 aromatic rings. The maximum Gasteiger partial charge on any atom is 0.268 e. The minimum atomic E-state index is -0.102. The Morgan fingerprint density at radius 1 is 1.14 bits per heavy atom. The number of aryl methyl sites for hydroxylation is 1. The second-order valence-corrected chi connectivity index (χ2v) is 5.04. The zero-order valence-electron chi connectivity index (χ0n) is 12.1. The Balaban J connectivity index is 1.48. The van der Waals surface area contributed by atoms with Crippen molar-refractivity contribution in [3.8, 4) is 0 Å². The first-order chi connectivity index (χ1) is 10.8. The van der Waals surface area contributed by atoms with Gasteiger partial charge in [0.1, 0.15) is 12.0 Å². The first-order valence-electron chi connectivity index (χ1n) is 7.30. The lowest BCUT2D eigenvalue weighted by Gasteiger charge is -2.07. The lowest BCUT2D eigenvalue weighted by molar-refractivity contribution is 0.0946. The quantitative estimate of drug-likeness (QED) is 0.705. The van der Waals surface area contributed by atoms with E-state index < -0.39 is 0 Å². The minimum absolute atomic E-state index is 0.102. The molecule has 0 aliphatic heterocycles. The molecular formula is C16H17N5O. The highest BCUT2D eigenvalue weighted by atomic mass is 16.1. The van der Waals surface area contributed by atoms with E-state index in [2.05, 4.69) is 20.5 Å². The topological polar surface area (TPSA) is 72.2 Å². The Hall–Kier alpha value is -2.76. The maximum absolute atomic E-state index is 12.2. The molecule has 1 N–H and O–H groups in total. The average Bonchev–Trinajstić information content (AvgIpc) is 3.04. The standard InChI is InChI=1S/C16H17N5O/c22-16(14-5-3-6-15-20-19-12-21(14)15)18-9-2-1-4-13-7-10-17-11-8-13/h3,5-8,10-12H,1-2,4,9H2,(H,18,22). The van der Waals surface area contributed by atoms with Gasteiger partial charge in [0.15, 0.2) is 5.65 Å². The molecule has 0 atom stereocenters. The third-order valence-corrected chi connectivity index (χ3v) is 3.49. The zero-order chi connectivity index (χ0) is 15.2. The van der Waals surface area contributed by atoms with Gasteiger partial charge in [-0.2, -0.15) is 0 Å². The molecule has 22 heavy (non-hydrogen) atoms. The van der Waals surface area contributed by atoms with E-state index in [0.717, 1.165) is 19.3 Å². The number of hydrogen-bond acceptors (Lipinski definition) is 4. The highest BCUT2D eigenvalue weighted by Gasteiger charge is 2.09. The monoisotopic (exact) mass is 295 g/mol. The number of nitrogens with one attached hydrogen (secondary N) is 1. The summed E-state index contributed by atoms with van der Waals surface area (Å²) in [5.41, 5.74) is 2.50. The van der Waals surface area contributed by atoms with Crippen molar-refractivity contribution in [3.63, 3.8) is 0 Å². The van der Waals surface area contributed by atoms with E-state index in [0.29, 0.717) is 17.9 Å². The molecule has 0 saturated heterocycles. The van der Waals surface area contributed by atoms with Crippen molar-refractivity contribution in [3.05, 3.63) is 60.3 Å². The normalized spacial score (nSPS) is 10.7. The molecule has 1 amide bonds. The van der Waals surface area contributed by atoms with Crippen molar-refractivity contribution in [1.82, 2.24) is 24.9 Å². The fraction of sp³-hybridized carbons (Fsp3) is 0.250. The predicted molar refractivity (Wildman–Crippen MR) is 82.5 cm³/mol. The number of amides is 1. The van der Waals surface area contributed by atoms with E-state index in [1.165, 1.54) is 5.56 Å². The van der Waals surface area contributed by atoms with Crippen LogP contribution in [0.4, 0.5) is 0 Å². The van der Waals surface area contributed by atoms with E-state index in [-0.39, 0.29) is 5.91 Å². The number of fused-ring (bicyclic) bond motifs is 1. The van der Waals surface area contributed by atoms with Crippen molar-refractivity contribution in [2.75, 3.05) is 6.54 Å². The first-order valence-corrected chi connectivity index (χ1v) is 7.30. The van der Waals surface area contributed by atoms with Crippen molar-refractivity contribution in [2.45, 2.75) is 19.3 Å². The summed E-state index contributed by atoms with van der Waals surface area (Å²) in [6.45, 7) is 0.655. The second kappa shape index (κ2) is 6.80. The van der Waals surface area contributed by atoms with Crippen LogP contribution in [0.2, 0.25) is 0 Å². The molecule has 3 rings (SSSR count). The predicted octanol–water partition coefficient (Wildman–Crippen LogP) is 1.88. The second-order valence-electron chi connectivity index (χ2n) is 5.04. The molecule has 0 aliphatic carbocycles. The van der Waals surface area contributed by atoms with Gasteiger partial charge in [-0.3, -0.25) is 14.2 Å². The molecule has 0 aromatic carbocycles. The number of aromatic nitrogens is 4. The summed E-state index contributed by atoms with van der Waals surface area (Å²) in [5, 5.41) is 10.7. The Kier molecular flexibility index (Phi) is 4.38. The van der Waals surface area contributed by atoms with Crippen molar-refractivity contribution < 1.29 is 4.79 Å². The number of nitrogens with zero attached hydrogens (tertiary/aromatic N) is 4. The molecule has 0 bridgehead atoms. The lowest BCUT2D eigenvalue weighted by atomic mass is 10.1. The van der Waals surface area contributed by atoms with Crippen LogP contribution in [0.1, 0.15) is 28.9 Å². The highest BCUT2D eigenvalue weighted by molar-refractivity contribution is 5.93. The maximum atomic E-state index is 12.2. The molecule has 0 aliphatic rings. The van der Waals surface area contributed by atoms with Gasteiger partial charge in [0.2, 0.25) is 0 Å². The Morgan fingerprint density at radius 2 is 2.00 bits per heavy atom. The summed E-state index contributed by atoms with van der Waals surface area (Å²) in [7, 11) is 0. The van der Waals surface area contributed by atoms with E-state index >= 15 is 0 Å². The summed E-state index contributed by atoms with van der Waals surface area (Å²) in [5.74, 6) is -0.102. The first kappa shape index (κ1) is 14.2. The van der Waals surface area contributed by atoms with E-state index in [1.54, 1.807) is 29.2 Å². The van der Waals surface area contributed by atoms with Gasteiger partial charge in [-0.15, -0.1) is 10.2 Å². The van der Waals surface area contributed by atoms with Crippen LogP contribution in [0.5, 0.6) is 0 Å². The van der Waals surface area contributed by atoms with Gasteiger partial charge in [0.25, 0.3) is 5.91 Å². The van der Waals surface area contributed by atoms with Crippen LogP contribution in [0.25, 0.3) is 5.65 Å². The van der Waals surface area contributed by atoms with Crippen LogP contribution in [0.3, 0.4) is 0 Å². The van der Waals surface area contributed by atoms with Crippen LogP contribution in [0, 0.1) is 0 Å². The third-order valence-electron chi connectivity index (χ3n) is 3.49. The van der Waals surface area contributed by atoms with Gasteiger partial charge in [-0.1, -0.05) is 6.07 Å². The Labute approximate surface area is 128 Å². The van der Waals surface area contributed by atoms with E-state index in [1.807, 2.05) is 24.3 Å². The Morgan fingerprint density at radius 3 is 2.86 bits per heavy atom. The van der Waals surface area contributed by atoms with Gasteiger partial charge in [-0.25, -0.2) is 0 Å². The van der Waals surface area contributed by atoms with Gasteiger partial charge < -0.3 is 5.32 Å². The number of pyridine rings is 2. The van der Waals surface area contributed by atoms with Crippen LogP contribution in [-0.2, 0) is 6.42 Å². The Bertz CT molecular complexity index is 753. The molecule has 0 unspecified atom stereocenters. The summed E-state index contributed by atoms with van der Waals surface area (Å²) in [6, 6.07) is 9.43. The van der Waals surface area contributed by atoms with Crippen LogP contribution in [-0.4, -0.2) is 32.0 Å². The largest absolute Gasteiger partial charge is 0.351 e. The van der Waals surface area contributed by atoms with Crippen molar-refractivity contribution in [1.29, 1.82) is 0 Å². The fourth-order valence-corrected chi connectivity index (χ4v) is 2.33. The molecule has 112 valence electrons. The number of rotatable bonds is 6. The zero-order valence-corrected chi connectivity index (χ0v) is 12.1. The smallest absolute Gasteiger partial charge is 0.268 e. The lowest BCUT2D eigenvalue weighted by Crippen LogP contribution is -2.26. The minimum Gasteiger partial charge on any atom is -0.351 e. The van der Waals surface area contributed by atoms with Gasteiger partial charge >= 0.3 is 0 Å². The van der Waals surface area contributed by atoms with Gasteiger partial charge in [0, 0.05) is 18.9 Å². The number of unbranched alkanes of at least 4 members (excludes halogenated alkanes) is 1. The number of hydrogen-bond donors (Lipinski definition) is 1. The molecule has 3 aromatic heterocycles. The van der Waals surface area contributed by atoms with Gasteiger partial charge in [-0.05, 0) is 49.1 Å². The van der Waals surface area contributed by atoms with Gasteiger partial charge in [0.05, 0.1) is 0 Å². The van der Waals surface area contributed by atoms with Crippen LogP contribution < -0.4 is 5.32 Å². The number of carbonyl (C=O) groups is 1. The molecule has 6 nitrogen and oxygen atoms in total. The SMILES string of the molecule is O=C(NCCCCc1ccncc1)c1cccc2nncn12. The summed E-state index contributed by atoms with van der Waals surface area (Å²) >= 11 is 0. The summed E-state index contributed by atoms with van der Waals surface area (Å²) in [4.78, 5) is 16.2. The molecule has 0 radical (unpaired) electrons. The molecule has 0 fully saturated rings. The molecule has 0 saturated carbocycles. The molecule has 0 spiro atoms. The number of carbonyl (C=O) groups excluding carboxylic acids is 1. The van der Waals surface area contributed by atoms with E-state index in [9.17, 15) is 4.79 Å². The molecule has 6 heteroatoms. The molecule has 3 heterocycles. The molecular weight excluding hydrogens is 278 g/mol. The third kappa shape index (κ3) is 3.28. The summed E-state index contributed by atoms with van der Waals surface area (Å²) < 4.78 is 1.69. The van der Waals surface area contributed by atoms with Crippen LogP contribution >= 0.6 is 0 Å².